The first kappa shape index (κ1) is 12.9. The Balaban J connectivity index is 2.31. The average molecular weight is 274 g/mol. The predicted molar refractivity (Wildman–Crippen MR) is 68.5 cm³/mol. The quantitative estimate of drug-likeness (QED) is 0.849. The molecule has 0 radical (unpaired) electrons. The number of rotatable bonds is 3. The highest BCUT2D eigenvalue weighted by Crippen LogP contribution is 2.35. The number of fused-ring (bicyclic) bond motifs is 1. The fourth-order valence-corrected chi connectivity index (χ4v) is 4.15. The van der Waals surface area contributed by atoms with Crippen molar-refractivity contribution in [2.45, 2.75) is 31.7 Å². The number of hydrogen-bond donors (Lipinski definition) is 0. The van der Waals surface area contributed by atoms with Gasteiger partial charge in [0.1, 0.15) is 4.90 Å². The van der Waals surface area contributed by atoms with E-state index in [1.165, 1.54) is 4.31 Å². The molecule has 0 spiro atoms. The van der Waals surface area contributed by atoms with Crippen molar-refractivity contribution in [2.24, 2.45) is 5.92 Å². The van der Waals surface area contributed by atoms with Crippen molar-refractivity contribution in [3.63, 3.8) is 0 Å². The van der Waals surface area contributed by atoms with Gasteiger partial charge < -0.3 is 0 Å². The Morgan fingerprint density at radius 3 is 2.71 bits per heavy atom. The van der Waals surface area contributed by atoms with Crippen LogP contribution in [0.1, 0.15) is 25.8 Å². The lowest BCUT2D eigenvalue weighted by atomic mass is 10.1. The van der Waals surface area contributed by atoms with E-state index in [2.05, 4.69) is 13.8 Å². The summed E-state index contributed by atoms with van der Waals surface area (Å²) in [5.41, 5.74) is 0.807. The van der Waals surface area contributed by atoms with Crippen LogP contribution in [0.15, 0.2) is 23.1 Å². The van der Waals surface area contributed by atoms with Gasteiger partial charge in [0, 0.05) is 13.1 Å². The highest BCUT2D eigenvalue weighted by Gasteiger charge is 2.35. The second-order valence-corrected chi connectivity index (χ2v) is 7.03. The Kier molecular flexibility index (Phi) is 3.48. The summed E-state index contributed by atoms with van der Waals surface area (Å²) in [6.45, 7) is 5.18. The minimum Gasteiger partial charge on any atom is -0.207 e. The molecule has 0 fully saturated rings. The van der Waals surface area contributed by atoms with E-state index in [-0.39, 0.29) is 0 Å². The van der Waals surface area contributed by atoms with Crippen molar-refractivity contribution >= 4 is 21.6 Å². The van der Waals surface area contributed by atoms with E-state index < -0.39 is 10.0 Å². The molecule has 1 aromatic rings. The molecule has 0 saturated carbocycles. The normalized spacial score (nSPS) is 18.6. The van der Waals surface area contributed by atoms with Crippen molar-refractivity contribution in [2.75, 3.05) is 6.54 Å². The molecule has 1 heterocycles. The van der Waals surface area contributed by atoms with Gasteiger partial charge in [-0.1, -0.05) is 37.6 Å². The van der Waals surface area contributed by atoms with Gasteiger partial charge in [0.2, 0.25) is 10.0 Å². The molecule has 0 aliphatic carbocycles. The lowest BCUT2D eigenvalue weighted by Gasteiger charge is -2.15. The highest BCUT2D eigenvalue weighted by atomic mass is 35.5. The van der Waals surface area contributed by atoms with Crippen molar-refractivity contribution in [1.82, 2.24) is 4.31 Å². The molecule has 0 unspecified atom stereocenters. The fourth-order valence-electron chi connectivity index (χ4n) is 1.97. The smallest absolute Gasteiger partial charge is 0.207 e. The zero-order valence-electron chi connectivity index (χ0n) is 9.98. The molecule has 0 bridgehead atoms. The van der Waals surface area contributed by atoms with Crippen LogP contribution in [0.25, 0.3) is 0 Å². The Morgan fingerprint density at radius 2 is 2.12 bits per heavy atom. The Labute approximate surface area is 107 Å². The number of sulfonamides is 1. The van der Waals surface area contributed by atoms with Crippen LogP contribution in [-0.2, 0) is 16.6 Å². The first-order valence-electron chi connectivity index (χ1n) is 5.70. The van der Waals surface area contributed by atoms with Crippen molar-refractivity contribution < 1.29 is 8.42 Å². The van der Waals surface area contributed by atoms with E-state index in [9.17, 15) is 8.42 Å². The summed E-state index contributed by atoms with van der Waals surface area (Å²) in [4.78, 5) is 0.297. The van der Waals surface area contributed by atoms with Crippen molar-refractivity contribution in [3.8, 4) is 0 Å². The number of nitrogens with zero attached hydrogens (tertiary/aromatic N) is 1. The Bertz CT molecular complexity index is 525. The molecule has 0 atom stereocenters. The lowest BCUT2D eigenvalue weighted by molar-refractivity contribution is 0.389. The topological polar surface area (TPSA) is 37.4 Å². The zero-order valence-corrected chi connectivity index (χ0v) is 11.6. The number of halogens is 1. The molecule has 2 rings (SSSR count). The van der Waals surface area contributed by atoms with Crippen LogP contribution < -0.4 is 0 Å². The molecule has 3 nitrogen and oxygen atoms in total. The molecule has 0 aromatic heterocycles. The summed E-state index contributed by atoms with van der Waals surface area (Å²) in [5, 5.41) is 0.328. The molecule has 5 heteroatoms. The van der Waals surface area contributed by atoms with Gasteiger partial charge in [-0.25, -0.2) is 8.42 Å². The average Bonchev–Trinajstić information content (AvgIpc) is 2.48. The van der Waals surface area contributed by atoms with E-state index in [1.54, 1.807) is 12.1 Å². The standard InChI is InChI=1S/C12H16ClNO2S/c1-9(2)6-7-14-8-10-4-3-5-11(13)12(10)17(14,15)16/h3-5,9H,6-8H2,1-2H3. The van der Waals surface area contributed by atoms with Gasteiger partial charge >= 0.3 is 0 Å². The maximum Gasteiger partial charge on any atom is 0.245 e. The van der Waals surface area contributed by atoms with Gasteiger partial charge in [-0.15, -0.1) is 0 Å². The van der Waals surface area contributed by atoms with Crippen LogP contribution in [-0.4, -0.2) is 19.3 Å². The van der Waals surface area contributed by atoms with Crippen molar-refractivity contribution in [1.29, 1.82) is 0 Å². The molecule has 0 amide bonds. The maximum atomic E-state index is 12.3. The zero-order chi connectivity index (χ0) is 12.6. The van der Waals surface area contributed by atoms with Crippen molar-refractivity contribution in [3.05, 3.63) is 28.8 Å². The van der Waals surface area contributed by atoms with Gasteiger partial charge in [0.05, 0.1) is 5.02 Å². The monoisotopic (exact) mass is 273 g/mol. The van der Waals surface area contributed by atoms with Crippen LogP contribution >= 0.6 is 11.6 Å². The van der Waals surface area contributed by atoms with Gasteiger partial charge in [-0.05, 0) is 24.0 Å². The number of benzene rings is 1. The second kappa shape index (κ2) is 4.59. The third kappa shape index (κ3) is 2.34. The van der Waals surface area contributed by atoms with Gasteiger partial charge in [0.25, 0.3) is 0 Å². The summed E-state index contributed by atoms with van der Waals surface area (Å²) >= 11 is 5.98. The third-order valence-corrected chi connectivity index (χ3v) is 5.37. The van der Waals surface area contributed by atoms with Crippen LogP contribution in [0.3, 0.4) is 0 Å². The summed E-state index contributed by atoms with van der Waals surface area (Å²) in [6.07, 6.45) is 0.866. The first-order valence-corrected chi connectivity index (χ1v) is 7.52. The van der Waals surface area contributed by atoms with Crippen LogP contribution in [0, 0.1) is 5.92 Å². The van der Waals surface area contributed by atoms with Crippen LogP contribution in [0.4, 0.5) is 0 Å². The summed E-state index contributed by atoms with van der Waals surface area (Å²) in [5.74, 6) is 0.490. The Morgan fingerprint density at radius 1 is 1.41 bits per heavy atom. The van der Waals surface area contributed by atoms with E-state index >= 15 is 0 Å². The van der Waals surface area contributed by atoms with Gasteiger partial charge in [-0.2, -0.15) is 4.31 Å². The van der Waals surface area contributed by atoms with Gasteiger partial charge in [0.15, 0.2) is 0 Å². The molecule has 17 heavy (non-hydrogen) atoms. The summed E-state index contributed by atoms with van der Waals surface area (Å²) in [7, 11) is -3.37. The fraction of sp³-hybridized carbons (Fsp3) is 0.500. The lowest BCUT2D eigenvalue weighted by Crippen LogP contribution is -2.26. The molecule has 1 aromatic carbocycles. The molecule has 0 N–H and O–H groups in total. The third-order valence-electron chi connectivity index (χ3n) is 2.95. The summed E-state index contributed by atoms with van der Waals surface area (Å²) < 4.78 is 26.0. The largest absolute Gasteiger partial charge is 0.245 e. The molecular formula is C12H16ClNO2S. The molecule has 1 aliphatic rings. The predicted octanol–water partition coefficient (Wildman–Crippen LogP) is 2.89. The summed E-state index contributed by atoms with van der Waals surface area (Å²) in [6, 6.07) is 5.25. The molecule has 1 aliphatic heterocycles. The van der Waals surface area contributed by atoms with E-state index in [4.69, 9.17) is 11.6 Å². The minimum atomic E-state index is -3.37. The van der Waals surface area contributed by atoms with Crippen LogP contribution in [0.2, 0.25) is 5.02 Å². The second-order valence-electron chi connectivity index (χ2n) is 4.75. The van der Waals surface area contributed by atoms with E-state index in [0.29, 0.717) is 28.9 Å². The Hall–Kier alpha value is -0.580. The molecule has 94 valence electrons. The SMILES string of the molecule is CC(C)CCN1Cc2cccc(Cl)c2S1(=O)=O. The maximum absolute atomic E-state index is 12.3. The van der Waals surface area contributed by atoms with E-state index in [0.717, 1.165) is 12.0 Å². The van der Waals surface area contributed by atoms with Gasteiger partial charge in [-0.3, -0.25) is 0 Å². The first-order chi connectivity index (χ1) is 7.93. The highest BCUT2D eigenvalue weighted by molar-refractivity contribution is 7.89. The van der Waals surface area contributed by atoms with E-state index in [1.807, 2.05) is 6.07 Å². The molecule has 0 saturated heterocycles. The minimum absolute atomic E-state index is 0.297. The molecular weight excluding hydrogens is 258 g/mol. The number of hydrogen-bond acceptors (Lipinski definition) is 2. The van der Waals surface area contributed by atoms with Crippen LogP contribution in [0.5, 0.6) is 0 Å².